The van der Waals surface area contributed by atoms with Crippen LogP contribution in [0.2, 0.25) is 0 Å². The van der Waals surface area contributed by atoms with E-state index >= 15 is 0 Å². The van der Waals surface area contributed by atoms with Gasteiger partial charge in [0.05, 0.1) is 5.56 Å². The van der Waals surface area contributed by atoms with E-state index in [-0.39, 0.29) is 23.1 Å². The maximum absolute atomic E-state index is 12.2. The number of hydrogen-bond donors (Lipinski definition) is 3. The minimum Gasteiger partial charge on any atom is -0.478 e. The number of nitrogens with zero attached hydrogens (tertiary/aromatic N) is 1. The Morgan fingerprint density at radius 1 is 1.18 bits per heavy atom. The Hall–Kier alpha value is -2.63. The van der Waals surface area contributed by atoms with Gasteiger partial charge in [-0.3, -0.25) is 9.89 Å². The van der Waals surface area contributed by atoms with Crippen LogP contribution in [0.25, 0.3) is 0 Å². The standard InChI is InChI=1S/C16H19N3O3/c1-8(2)12-7-14(19-18-12)15(20)17-13-6-11(16(21)22)9(3)5-10(13)4/h5-8H,1-4H3,(H,17,20)(H,18,19)(H,21,22). The molecule has 0 aliphatic heterocycles. The quantitative estimate of drug-likeness (QED) is 0.808. The number of aromatic nitrogens is 2. The normalized spacial score (nSPS) is 10.8. The first-order valence-electron chi connectivity index (χ1n) is 7.00. The monoisotopic (exact) mass is 301 g/mol. The number of anilines is 1. The van der Waals surface area contributed by atoms with Crippen molar-refractivity contribution in [2.75, 3.05) is 5.32 Å². The molecule has 0 bridgehead atoms. The third-order valence-corrected chi connectivity index (χ3v) is 3.50. The van der Waals surface area contributed by atoms with Crippen LogP contribution in [-0.2, 0) is 0 Å². The summed E-state index contributed by atoms with van der Waals surface area (Å²) in [4.78, 5) is 23.4. The molecule has 2 rings (SSSR count). The van der Waals surface area contributed by atoms with Gasteiger partial charge in [-0.2, -0.15) is 5.10 Å². The number of carboxylic acid groups (broad SMARTS) is 1. The van der Waals surface area contributed by atoms with Crippen molar-refractivity contribution in [1.29, 1.82) is 0 Å². The van der Waals surface area contributed by atoms with Crippen LogP contribution in [0.5, 0.6) is 0 Å². The van der Waals surface area contributed by atoms with E-state index in [1.54, 1.807) is 19.1 Å². The Morgan fingerprint density at radius 2 is 1.86 bits per heavy atom. The SMILES string of the molecule is Cc1cc(C)c(C(=O)O)cc1NC(=O)c1cc(C(C)C)[nH]n1. The number of aryl methyl sites for hydroxylation is 2. The summed E-state index contributed by atoms with van der Waals surface area (Å²) in [6.45, 7) is 7.54. The largest absolute Gasteiger partial charge is 0.478 e. The van der Waals surface area contributed by atoms with E-state index < -0.39 is 5.97 Å². The molecule has 0 spiro atoms. The molecular formula is C16H19N3O3. The number of benzene rings is 1. The second kappa shape index (κ2) is 6.01. The van der Waals surface area contributed by atoms with E-state index in [1.807, 2.05) is 20.8 Å². The molecule has 6 nitrogen and oxygen atoms in total. The van der Waals surface area contributed by atoms with Gasteiger partial charge in [0.1, 0.15) is 0 Å². The Bertz CT molecular complexity index is 732. The first-order chi connectivity index (χ1) is 10.3. The predicted molar refractivity (Wildman–Crippen MR) is 83.5 cm³/mol. The zero-order valence-corrected chi connectivity index (χ0v) is 13.0. The molecule has 0 fully saturated rings. The summed E-state index contributed by atoms with van der Waals surface area (Å²) >= 11 is 0. The molecule has 0 aliphatic rings. The second-order valence-corrected chi connectivity index (χ2v) is 5.60. The average Bonchev–Trinajstić information content (AvgIpc) is 2.91. The number of aromatic carboxylic acids is 1. The van der Waals surface area contributed by atoms with Crippen molar-refractivity contribution < 1.29 is 14.7 Å². The number of H-pyrrole nitrogens is 1. The predicted octanol–water partition coefficient (Wildman–Crippen LogP) is 3.10. The highest BCUT2D eigenvalue weighted by atomic mass is 16.4. The van der Waals surface area contributed by atoms with Crippen molar-refractivity contribution >= 4 is 17.6 Å². The lowest BCUT2D eigenvalue weighted by molar-refractivity contribution is 0.0695. The number of aromatic amines is 1. The first-order valence-corrected chi connectivity index (χ1v) is 7.00. The fourth-order valence-electron chi connectivity index (χ4n) is 2.15. The lowest BCUT2D eigenvalue weighted by atomic mass is 10.0. The topological polar surface area (TPSA) is 95.1 Å². The molecule has 2 aromatic rings. The van der Waals surface area contributed by atoms with E-state index in [0.717, 1.165) is 11.3 Å². The van der Waals surface area contributed by atoms with E-state index in [2.05, 4.69) is 15.5 Å². The van der Waals surface area contributed by atoms with E-state index in [4.69, 9.17) is 5.11 Å². The summed E-state index contributed by atoms with van der Waals surface area (Å²) in [7, 11) is 0. The molecule has 0 saturated carbocycles. The highest BCUT2D eigenvalue weighted by Crippen LogP contribution is 2.22. The summed E-state index contributed by atoms with van der Waals surface area (Å²) in [6.07, 6.45) is 0. The molecule has 22 heavy (non-hydrogen) atoms. The highest BCUT2D eigenvalue weighted by molar-refractivity contribution is 6.04. The fourth-order valence-corrected chi connectivity index (χ4v) is 2.15. The Morgan fingerprint density at radius 3 is 2.41 bits per heavy atom. The third kappa shape index (κ3) is 3.16. The molecular weight excluding hydrogens is 282 g/mol. The lowest BCUT2D eigenvalue weighted by Crippen LogP contribution is -2.14. The molecule has 0 aliphatic carbocycles. The number of amides is 1. The number of rotatable bonds is 4. The van der Waals surface area contributed by atoms with Gasteiger partial charge < -0.3 is 10.4 Å². The van der Waals surface area contributed by atoms with E-state index in [9.17, 15) is 9.59 Å². The number of hydrogen-bond acceptors (Lipinski definition) is 3. The number of carbonyl (C=O) groups is 2. The first kappa shape index (κ1) is 15.8. The van der Waals surface area contributed by atoms with Crippen molar-refractivity contribution in [2.45, 2.75) is 33.6 Å². The summed E-state index contributed by atoms with van der Waals surface area (Å²) in [5.74, 6) is -1.14. The molecule has 1 amide bonds. The molecule has 1 aromatic heterocycles. The van der Waals surface area contributed by atoms with Crippen LogP contribution in [0, 0.1) is 13.8 Å². The Kier molecular flexibility index (Phi) is 4.30. The van der Waals surface area contributed by atoms with Gasteiger partial charge in [-0.1, -0.05) is 19.9 Å². The lowest BCUT2D eigenvalue weighted by Gasteiger charge is -2.10. The highest BCUT2D eigenvalue weighted by Gasteiger charge is 2.16. The van der Waals surface area contributed by atoms with Crippen LogP contribution >= 0.6 is 0 Å². The molecule has 0 radical (unpaired) electrons. The second-order valence-electron chi connectivity index (χ2n) is 5.60. The third-order valence-electron chi connectivity index (χ3n) is 3.50. The maximum atomic E-state index is 12.2. The van der Waals surface area contributed by atoms with Crippen LogP contribution in [0.3, 0.4) is 0 Å². The maximum Gasteiger partial charge on any atom is 0.336 e. The molecule has 0 saturated heterocycles. The summed E-state index contributed by atoms with van der Waals surface area (Å²) in [5.41, 5.74) is 3.26. The van der Waals surface area contributed by atoms with Gasteiger partial charge in [0.15, 0.2) is 5.69 Å². The van der Waals surface area contributed by atoms with Gasteiger partial charge in [-0.25, -0.2) is 4.79 Å². The van der Waals surface area contributed by atoms with Crippen molar-refractivity contribution in [3.05, 3.63) is 46.3 Å². The summed E-state index contributed by atoms with van der Waals surface area (Å²) < 4.78 is 0. The Balaban J connectivity index is 2.27. The van der Waals surface area contributed by atoms with Crippen molar-refractivity contribution in [2.24, 2.45) is 0 Å². The summed E-state index contributed by atoms with van der Waals surface area (Å²) in [6, 6.07) is 4.91. The number of nitrogens with one attached hydrogen (secondary N) is 2. The van der Waals surface area contributed by atoms with E-state index in [1.165, 1.54) is 6.07 Å². The van der Waals surface area contributed by atoms with Gasteiger partial charge in [0.2, 0.25) is 0 Å². The van der Waals surface area contributed by atoms with Gasteiger partial charge >= 0.3 is 5.97 Å². The minimum absolute atomic E-state index is 0.172. The van der Waals surface area contributed by atoms with Gasteiger partial charge in [0.25, 0.3) is 5.91 Å². The molecule has 116 valence electrons. The smallest absolute Gasteiger partial charge is 0.336 e. The zero-order valence-electron chi connectivity index (χ0n) is 13.0. The zero-order chi connectivity index (χ0) is 16.4. The minimum atomic E-state index is -1.02. The molecule has 6 heteroatoms. The van der Waals surface area contributed by atoms with Gasteiger partial charge in [-0.05, 0) is 43.0 Å². The Labute approximate surface area is 128 Å². The van der Waals surface area contributed by atoms with Crippen LogP contribution in [-0.4, -0.2) is 27.2 Å². The average molecular weight is 301 g/mol. The molecule has 3 N–H and O–H groups in total. The van der Waals surface area contributed by atoms with Crippen LogP contribution in [0.15, 0.2) is 18.2 Å². The van der Waals surface area contributed by atoms with Crippen molar-refractivity contribution in [3.8, 4) is 0 Å². The van der Waals surface area contributed by atoms with Crippen LogP contribution < -0.4 is 5.32 Å². The van der Waals surface area contributed by atoms with Crippen molar-refractivity contribution in [3.63, 3.8) is 0 Å². The van der Waals surface area contributed by atoms with Gasteiger partial charge in [0, 0.05) is 11.4 Å². The number of carboxylic acids is 1. The van der Waals surface area contributed by atoms with Crippen LogP contribution in [0.1, 0.15) is 57.4 Å². The number of carbonyl (C=O) groups excluding carboxylic acids is 1. The van der Waals surface area contributed by atoms with Crippen LogP contribution in [0.4, 0.5) is 5.69 Å². The molecule has 1 heterocycles. The molecule has 0 unspecified atom stereocenters. The van der Waals surface area contributed by atoms with Crippen molar-refractivity contribution in [1.82, 2.24) is 10.2 Å². The fraction of sp³-hybridized carbons (Fsp3) is 0.312. The van der Waals surface area contributed by atoms with Gasteiger partial charge in [-0.15, -0.1) is 0 Å². The molecule has 0 atom stereocenters. The van der Waals surface area contributed by atoms with E-state index in [0.29, 0.717) is 11.3 Å². The summed E-state index contributed by atoms with van der Waals surface area (Å²) in [5, 5.41) is 18.7. The molecule has 1 aromatic carbocycles.